The number of anilines is 1. The van der Waals surface area contributed by atoms with E-state index in [-0.39, 0.29) is 22.5 Å². The topological polar surface area (TPSA) is 101 Å². The van der Waals surface area contributed by atoms with Crippen LogP contribution < -0.4 is 5.32 Å². The molecule has 1 atom stereocenters. The smallest absolute Gasteiger partial charge is 0.422 e. The first kappa shape index (κ1) is 17.5. The van der Waals surface area contributed by atoms with E-state index in [2.05, 4.69) is 19.9 Å². The van der Waals surface area contributed by atoms with E-state index in [0.717, 1.165) is 0 Å². The van der Waals surface area contributed by atoms with Gasteiger partial charge >= 0.3 is 12.1 Å². The van der Waals surface area contributed by atoms with Crippen LogP contribution in [-0.4, -0.2) is 42.7 Å². The Balaban J connectivity index is 2.20. The highest BCUT2D eigenvalue weighted by Gasteiger charge is 2.58. The molecule has 0 fully saturated rings. The fourth-order valence-electron chi connectivity index (χ4n) is 2.19. The van der Waals surface area contributed by atoms with Gasteiger partial charge in [0.25, 0.3) is 0 Å². The minimum atomic E-state index is -5.06. The molecule has 2 N–H and O–H groups in total. The fourth-order valence-corrected chi connectivity index (χ4v) is 2.19. The zero-order chi connectivity index (χ0) is 18.9. The molecule has 1 unspecified atom stereocenters. The molecule has 7 nitrogen and oxygen atoms in total. The van der Waals surface area contributed by atoms with Crippen molar-refractivity contribution in [3.8, 4) is 11.4 Å². The molecule has 3 heterocycles. The van der Waals surface area contributed by atoms with E-state index in [1.54, 1.807) is 12.1 Å². The van der Waals surface area contributed by atoms with Crippen molar-refractivity contribution in [3.63, 3.8) is 0 Å². The van der Waals surface area contributed by atoms with Crippen LogP contribution in [0.2, 0.25) is 0 Å². The standard InChI is InChI=1S/C16H12F3N5O2/c1-15(14(25)26,16(17,18)19)24-13-10-4-7-21-8-11(10)22-12(23-13)9-2-5-20-6-3-9/h2-8H,1H3,(H,25,26)(H,22,23,24). The van der Waals surface area contributed by atoms with Gasteiger partial charge in [-0.3, -0.25) is 9.97 Å². The molecule has 0 bridgehead atoms. The Kier molecular flexibility index (Phi) is 4.18. The first-order chi connectivity index (χ1) is 12.2. The second-order valence-electron chi connectivity index (χ2n) is 5.58. The Hall–Kier alpha value is -3.30. The summed E-state index contributed by atoms with van der Waals surface area (Å²) in [6, 6.07) is 4.58. The zero-order valence-corrected chi connectivity index (χ0v) is 13.3. The quantitative estimate of drug-likeness (QED) is 0.735. The van der Waals surface area contributed by atoms with Gasteiger partial charge in [0.15, 0.2) is 5.82 Å². The number of hydrogen-bond donors (Lipinski definition) is 2. The van der Waals surface area contributed by atoms with Gasteiger partial charge in [-0.25, -0.2) is 14.8 Å². The number of aliphatic carboxylic acids is 1. The summed E-state index contributed by atoms with van der Waals surface area (Å²) in [5, 5.41) is 11.4. The average Bonchev–Trinajstić information content (AvgIpc) is 2.61. The highest BCUT2D eigenvalue weighted by Crippen LogP contribution is 2.35. The molecule has 0 aliphatic rings. The molecular formula is C16H12F3N5O2. The van der Waals surface area contributed by atoms with Crippen molar-refractivity contribution >= 4 is 22.7 Å². The Bertz CT molecular complexity index is 965. The van der Waals surface area contributed by atoms with Crippen molar-refractivity contribution < 1.29 is 23.1 Å². The molecule has 3 aromatic heterocycles. The van der Waals surface area contributed by atoms with Crippen molar-refractivity contribution in [3.05, 3.63) is 43.0 Å². The molecule has 134 valence electrons. The van der Waals surface area contributed by atoms with Crippen LogP contribution in [0.25, 0.3) is 22.3 Å². The van der Waals surface area contributed by atoms with Crippen LogP contribution in [0, 0.1) is 0 Å². The molecule has 3 rings (SSSR count). The number of carboxylic acids is 1. The van der Waals surface area contributed by atoms with E-state index >= 15 is 0 Å². The van der Waals surface area contributed by atoms with Crippen LogP contribution in [0.5, 0.6) is 0 Å². The third-order valence-electron chi connectivity index (χ3n) is 3.80. The Morgan fingerprint density at radius 1 is 1.08 bits per heavy atom. The molecule has 0 saturated carbocycles. The van der Waals surface area contributed by atoms with Gasteiger partial charge in [-0.1, -0.05) is 0 Å². The Morgan fingerprint density at radius 3 is 2.35 bits per heavy atom. The summed E-state index contributed by atoms with van der Waals surface area (Å²) in [6.45, 7) is 0.538. The maximum absolute atomic E-state index is 13.4. The molecule has 0 saturated heterocycles. The number of carbonyl (C=O) groups is 1. The Labute approximate surface area is 145 Å². The number of carboxylic acid groups (broad SMARTS) is 1. The van der Waals surface area contributed by atoms with Crippen LogP contribution in [0.4, 0.5) is 19.0 Å². The molecular weight excluding hydrogens is 351 g/mol. The predicted octanol–water partition coefficient (Wildman–Crippen LogP) is 2.90. The molecule has 0 aromatic carbocycles. The summed E-state index contributed by atoms with van der Waals surface area (Å²) in [4.78, 5) is 27.5. The minimum absolute atomic E-state index is 0.116. The SMILES string of the molecule is CC(Nc1nc(-c2ccncc2)nc2cnccc12)(C(=O)O)C(F)(F)F. The number of alkyl halides is 3. The van der Waals surface area contributed by atoms with Crippen molar-refractivity contribution in [1.82, 2.24) is 19.9 Å². The lowest BCUT2D eigenvalue weighted by Gasteiger charge is -2.29. The third-order valence-corrected chi connectivity index (χ3v) is 3.80. The van der Waals surface area contributed by atoms with E-state index in [4.69, 9.17) is 5.11 Å². The van der Waals surface area contributed by atoms with Crippen molar-refractivity contribution in [1.29, 1.82) is 0 Å². The summed E-state index contributed by atoms with van der Waals surface area (Å²) in [7, 11) is 0. The maximum Gasteiger partial charge on any atom is 0.422 e. The normalized spacial score (nSPS) is 14.0. The number of hydrogen-bond acceptors (Lipinski definition) is 6. The lowest BCUT2D eigenvalue weighted by molar-refractivity contribution is -0.192. The Morgan fingerprint density at radius 2 is 1.73 bits per heavy atom. The largest absolute Gasteiger partial charge is 0.479 e. The second-order valence-corrected chi connectivity index (χ2v) is 5.58. The number of pyridine rings is 2. The minimum Gasteiger partial charge on any atom is -0.479 e. The van der Waals surface area contributed by atoms with Gasteiger partial charge in [-0.15, -0.1) is 0 Å². The molecule has 0 aliphatic heterocycles. The molecule has 0 radical (unpaired) electrons. The number of nitrogens with zero attached hydrogens (tertiary/aromatic N) is 4. The zero-order valence-electron chi connectivity index (χ0n) is 13.3. The summed E-state index contributed by atoms with van der Waals surface area (Å²) >= 11 is 0. The van der Waals surface area contributed by atoms with Gasteiger partial charge < -0.3 is 10.4 Å². The molecule has 10 heteroatoms. The van der Waals surface area contributed by atoms with E-state index < -0.39 is 17.7 Å². The van der Waals surface area contributed by atoms with Crippen molar-refractivity contribution in [2.75, 3.05) is 5.32 Å². The highest BCUT2D eigenvalue weighted by molar-refractivity contribution is 5.93. The van der Waals surface area contributed by atoms with Crippen molar-refractivity contribution in [2.24, 2.45) is 0 Å². The van der Waals surface area contributed by atoms with Crippen LogP contribution in [0.1, 0.15) is 6.92 Å². The lowest BCUT2D eigenvalue weighted by atomic mass is 10.0. The van der Waals surface area contributed by atoms with Gasteiger partial charge in [0.1, 0.15) is 5.82 Å². The number of nitrogens with one attached hydrogen (secondary N) is 1. The number of rotatable bonds is 4. The van der Waals surface area contributed by atoms with Crippen molar-refractivity contribution in [2.45, 2.75) is 18.6 Å². The monoisotopic (exact) mass is 363 g/mol. The molecule has 0 amide bonds. The second kappa shape index (κ2) is 6.21. The van der Waals surface area contributed by atoms with Crippen LogP contribution in [0.15, 0.2) is 43.0 Å². The molecule has 0 aliphatic carbocycles. The van der Waals surface area contributed by atoms with Gasteiger partial charge in [0.2, 0.25) is 5.54 Å². The fraction of sp³-hybridized carbons (Fsp3) is 0.188. The van der Waals surface area contributed by atoms with Gasteiger partial charge in [-0.05, 0) is 25.1 Å². The first-order valence-corrected chi connectivity index (χ1v) is 7.33. The van der Waals surface area contributed by atoms with E-state index in [0.29, 0.717) is 12.5 Å². The first-order valence-electron chi connectivity index (χ1n) is 7.33. The average molecular weight is 363 g/mol. The van der Waals surface area contributed by atoms with Crippen LogP contribution in [0.3, 0.4) is 0 Å². The number of aromatic nitrogens is 4. The van der Waals surface area contributed by atoms with Gasteiger partial charge in [0, 0.05) is 29.5 Å². The number of halogens is 3. The summed E-state index contributed by atoms with van der Waals surface area (Å²) in [5.41, 5.74) is -2.45. The predicted molar refractivity (Wildman–Crippen MR) is 86.3 cm³/mol. The van der Waals surface area contributed by atoms with E-state index in [9.17, 15) is 18.0 Å². The number of fused-ring (bicyclic) bond motifs is 1. The van der Waals surface area contributed by atoms with Gasteiger partial charge in [0.05, 0.1) is 11.7 Å². The molecule has 26 heavy (non-hydrogen) atoms. The third kappa shape index (κ3) is 3.01. The summed E-state index contributed by atoms with van der Waals surface area (Å²) in [5.74, 6) is -2.21. The van der Waals surface area contributed by atoms with E-state index in [1.165, 1.54) is 30.9 Å². The van der Waals surface area contributed by atoms with Crippen LogP contribution in [-0.2, 0) is 4.79 Å². The molecule has 0 spiro atoms. The van der Waals surface area contributed by atoms with E-state index in [1.807, 2.05) is 5.32 Å². The maximum atomic E-state index is 13.4. The van der Waals surface area contributed by atoms with Crippen LogP contribution >= 0.6 is 0 Å². The highest BCUT2D eigenvalue weighted by atomic mass is 19.4. The lowest BCUT2D eigenvalue weighted by Crippen LogP contribution is -2.55. The molecule has 3 aromatic rings. The van der Waals surface area contributed by atoms with Gasteiger partial charge in [-0.2, -0.15) is 13.2 Å². The summed E-state index contributed by atoms with van der Waals surface area (Å²) in [6.07, 6.45) is 0.625. The summed E-state index contributed by atoms with van der Waals surface area (Å²) < 4.78 is 40.1.